The van der Waals surface area contributed by atoms with E-state index in [1.807, 2.05) is 27.0 Å². The number of nitrogen functional groups attached to an aromatic ring is 2. The molecule has 0 radical (unpaired) electrons. The van der Waals surface area contributed by atoms with Crippen LogP contribution in [-0.2, 0) is 4.74 Å². The van der Waals surface area contributed by atoms with Crippen molar-refractivity contribution in [3.05, 3.63) is 22.6 Å². The molecule has 3 aliphatic rings. The lowest BCUT2D eigenvalue weighted by atomic mass is 9.92. The molecule has 1 spiro atoms. The summed E-state index contributed by atoms with van der Waals surface area (Å²) in [6.07, 6.45) is 2.85. The SMILES string of the molecule is CC(C)(C)OC(=O)N1C=C2CC1CC21CN=C(NC(=O)c2nc(Cl)c(N)nc2N)N1. The summed E-state index contributed by atoms with van der Waals surface area (Å²) < 4.78 is 5.47. The van der Waals surface area contributed by atoms with Crippen molar-refractivity contribution in [3.63, 3.8) is 0 Å². The number of anilines is 2. The van der Waals surface area contributed by atoms with Gasteiger partial charge in [0.25, 0.3) is 5.91 Å². The fourth-order valence-electron chi connectivity index (χ4n) is 3.88. The Morgan fingerprint density at radius 2 is 2.07 bits per heavy atom. The highest BCUT2D eigenvalue weighted by atomic mass is 35.5. The van der Waals surface area contributed by atoms with Crippen LogP contribution in [0, 0.1) is 0 Å². The molecule has 6 N–H and O–H groups in total. The maximum atomic E-state index is 12.5. The van der Waals surface area contributed by atoms with Crippen LogP contribution in [0.2, 0.25) is 5.15 Å². The minimum absolute atomic E-state index is 0.00924. The van der Waals surface area contributed by atoms with Crippen molar-refractivity contribution >= 4 is 41.2 Å². The molecular formula is C18H23ClN8O3. The number of ether oxygens (including phenoxy) is 1. The van der Waals surface area contributed by atoms with E-state index in [-0.39, 0.29) is 34.6 Å². The van der Waals surface area contributed by atoms with Crippen LogP contribution in [0.5, 0.6) is 0 Å². The van der Waals surface area contributed by atoms with Gasteiger partial charge in [-0.15, -0.1) is 0 Å². The van der Waals surface area contributed by atoms with E-state index in [4.69, 9.17) is 27.8 Å². The van der Waals surface area contributed by atoms with Gasteiger partial charge in [0.05, 0.1) is 12.1 Å². The summed E-state index contributed by atoms with van der Waals surface area (Å²) in [5, 5.41) is 5.82. The topological polar surface area (TPSA) is 161 Å². The molecule has 2 atom stereocenters. The standard InChI is InChI=1S/C18H23ClN8O3/c1-17(2,3)30-16(29)27-6-8-4-9(27)5-18(8)7-22-15(26-18)25-14(28)10-12(20)24-13(21)11(19)23-10/h6,9H,4-5,7H2,1-3H3,(H4,20,21,24)(H2,22,25,26,28). The van der Waals surface area contributed by atoms with Crippen molar-refractivity contribution in [3.8, 4) is 0 Å². The number of carbonyl (C=O) groups is 2. The van der Waals surface area contributed by atoms with Crippen LogP contribution < -0.4 is 22.1 Å². The lowest BCUT2D eigenvalue weighted by Gasteiger charge is -2.34. The molecule has 1 fully saturated rings. The molecule has 2 bridgehead atoms. The van der Waals surface area contributed by atoms with Gasteiger partial charge in [-0.05, 0) is 39.2 Å². The van der Waals surface area contributed by atoms with Gasteiger partial charge in [0.2, 0.25) is 0 Å². The van der Waals surface area contributed by atoms with E-state index in [1.54, 1.807) is 4.90 Å². The Hall–Kier alpha value is -3.08. The van der Waals surface area contributed by atoms with E-state index in [0.717, 1.165) is 12.0 Å². The van der Waals surface area contributed by atoms with Crippen molar-refractivity contribution in [2.24, 2.45) is 4.99 Å². The Morgan fingerprint density at radius 3 is 2.70 bits per heavy atom. The summed E-state index contributed by atoms with van der Waals surface area (Å²) in [5.74, 6) is -0.480. The third-order valence-corrected chi connectivity index (χ3v) is 5.44. The second kappa shape index (κ2) is 6.73. The van der Waals surface area contributed by atoms with Crippen molar-refractivity contribution in [2.45, 2.75) is 50.8 Å². The van der Waals surface area contributed by atoms with Crippen LogP contribution in [0.1, 0.15) is 44.1 Å². The first kappa shape index (κ1) is 20.2. The van der Waals surface area contributed by atoms with E-state index >= 15 is 0 Å². The van der Waals surface area contributed by atoms with Gasteiger partial charge < -0.3 is 21.5 Å². The van der Waals surface area contributed by atoms with Gasteiger partial charge in [0.15, 0.2) is 28.4 Å². The molecule has 160 valence electrons. The number of aliphatic imine (C=N–C) groups is 1. The van der Waals surface area contributed by atoms with E-state index in [1.165, 1.54) is 0 Å². The first-order valence-corrected chi connectivity index (χ1v) is 9.80. The quantitative estimate of drug-likeness (QED) is 0.509. The molecule has 2 unspecified atom stereocenters. The number of nitrogens with one attached hydrogen (secondary N) is 2. The van der Waals surface area contributed by atoms with Crippen LogP contribution >= 0.6 is 11.6 Å². The Balaban J connectivity index is 1.43. The van der Waals surface area contributed by atoms with Crippen LogP contribution in [0.15, 0.2) is 16.8 Å². The Kier molecular flexibility index (Phi) is 4.53. The van der Waals surface area contributed by atoms with E-state index in [2.05, 4.69) is 25.6 Å². The molecular weight excluding hydrogens is 412 g/mol. The van der Waals surface area contributed by atoms with Gasteiger partial charge in [-0.25, -0.2) is 14.8 Å². The van der Waals surface area contributed by atoms with Crippen LogP contribution in [-0.4, -0.2) is 56.6 Å². The molecule has 11 nitrogen and oxygen atoms in total. The smallest absolute Gasteiger partial charge is 0.414 e. The Morgan fingerprint density at radius 1 is 1.33 bits per heavy atom. The molecule has 1 aromatic heterocycles. The average molecular weight is 435 g/mol. The number of amides is 2. The Labute approximate surface area is 177 Å². The molecule has 4 rings (SSSR count). The van der Waals surface area contributed by atoms with Crippen LogP contribution in [0.25, 0.3) is 0 Å². The molecule has 0 saturated heterocycles. The molecule has 30 heavy (non-hydrogen) atoms. The lowest BCUT2D eigenvalue weighted by Crippen LogP contribution is -2.53. The highest BCUT2D eigenvalue weighted by Crippen LogP contribution is 2.45. The molecule has 0 aromatic carbocycles. The molecule has 12 heteroatoms. The number of halogens is 1. The van der Waals surface area contributed by atoms with Gasteiger partial charge in [-0.3, -0.25) is 20.0 Å². The second-order valence-corrected chi connectivity index (χ2v) is 8.92. The number of hydrogen-bond acceptors (Lipinski definition) is 9. The second-order valence-electron chi connectivity index (χ2n) is 8.56. The summed E-state index contributed by atoms with van der Waals surface area (Å²) in [6.45, 7) is 5.94. The number of nitrogens with zero attached hydrogens (tertiary/aromatic N) is 4. The number of rotatable bonds is 1. The molecule has 3 heterocycles. The summed E-state index contributed by atoms with van der Waals surface area (Å²) in [6, 6.07) is -0.00924. The first-order chi connectivity index (χ1) is 14.0. The van der Waals surface area contributed by atoms with Crippen LogP contribution in [0.4, 0.5) is 16.4 Å². The van der Waals surface area contributed by atoms with Crippen LogP contribution in [0.3, 0.4) is 0 Å². The summed E-state index contributed by atoms with van der Waals surface area (Å²) >= 11 is 5.84. The summed E-state index contributed by atoms with van der Waals surface area (Å²) in [4.78, 5) is 38.7. The third-order valence-electron chi connectivity index (χ3n) is 5.16. The summed E-state index contributed by atoms with van der Waals surface area (Å²) in [5.41, 5.74) is 11.2. The van der Waals surface area contributed by atoms with Gasteiger partial charge in [-0.1, -0.05) is 11.6 Å². The number of carbonyl (C=O) groups excluding carboxylic acids is 2. The average Bonchev–Trinajstić information content (AvgIpc) is 3.31. The number of aromatic nitrogens is 2. The van der Waals surface area contributed by atoms with Gasteiger partial charge >= 0.3 is 6.09 Å². The Bertz CT molecular complexity index is 1000. The normalized spacial score (nSPS) is 24.5. The maximum Gasteiger partial charge on any atom is 0.414 e. The molecule has 1 saturated carbocycles. The minimum Gasteiger partial charge on any atom is -0.443 e. The zero-order chi connectivity index (χ0) is 21.8. The maximum absolute atomic E-state index is 12.5. The fourth-order valence-corrected chi connectivity index (χ4v) is 4.01. The number of guanidine groups is 1. The minimum atomic E-state index is -0.599. The molecule has 2 aliphatic heterocycles. The van der Waals surface area contributed by atoms with Gasteiger partial charge in [-0.2, -0.15) is 0 Å². The third kappa shape index (κ3) is 3.49. The lowest BCUT2D eigenvalue weighted by molar-refractivity contribution is 0.0273. The number of hydrogen-bond donors (Lipinski definition) is 4. The summed E-state index contributed by atoms with van der Waals surface area (Å²) in [7, 11) is 0. The highest BCUT2D eigenvalue weighted by molar-refractivity contribution is 6.31. The van der Waals surface area contributed by atoms with Crippen molar-refractivity contribution in [1.82, 2.24) is 25.5 Å². The molecule has 1 aromatic rings. The number of fused-ring (bicyclic) bond motifs is 3. The van der Waals surface area contributed by atoms with Gasteiger partial charge in [0.1, 0.15) is 5.60 Å². The molecule has 2 amide bonds. The van der Waals surface area contributed by atoms with E-state index in [9.17, 15) is 9.59 Å². The van der Waals surface area contributed by atoms with Crippen molar-refractivity contribution in [2.75, 3.05) is 18.0 Å². The zero-order valence-corrected chi connectivity index (χ0v) is 17.6. The fraction of sp³-hybridized carbons (Fsp3) is 0.500. The van der Waals surface area contributed by atoms with E-state index in [0.29, 0.717) is 18.9 Å². The zero-order valence-electron chi connectivity index (χ0n) is 16.8. The number of nitrogens with two attached hydrogens (primary N) is 2. The van der Waals surface area contributed by atoms with Crippen molar-refractivity contribution in [1.29, 1.82) is 0 Å². The predicted octanol–water partition coefficient (Wildman–Crippen LogP) is 1.02. The first-order valence-electron chi connectivity index (χ1n) is 9.42. The van der Waals surface area contributed by atoms with Crippen molar-refractivity contribution < 1.29 is 14.3 Å². The predicted molar refractivity (Wildman–Crippen MR) is 111 cm³/mol. The monoisotopic (exact) mass is 434 g/mol. The largest absolute Gasteiger partial charge is 0.443 e. The van der Waals surface area contributed by atoms with Gasteiger partial charge in [0, 0.05) is 12.2 Å². The molecule has 1 aliphatic carbocycles. The highest BCUT2D eigenvalue weighted by Gasteiger charge is 2.53. The van der Waals surface area contributed by atoms with E-state index < -0.39 is 17.0 Å².